The summed E-state index contributed by atoms with van der Waals surface area (Å²) in [5.74, 6) is 0.830. The Balaban J connectivity index is 1.50. The largest absolute Gasteiger partial charge is 0.388 e. The lowest BCUT2D eigenvalue weighted by Gasteiger charge is -2.36. The van der Waals surface area contributed by atoms with Crippen LogP contribution >= 0.6 is 0 Å². The monoisotopic (exact) mass is 226 g/mol. The molecule has 0 unspecified atom stereocenters. The van der Waals surface area contributed by atoms with Crippen molar-refractivity contribution in [3.05, 3.63) is 0 Å². The molecule has 0 saturated heterocycles. The third kappa shape index (κ3) is 3.11. The lowest BCUT2D eigenvalue weighted by molar-refractivity contribution is -0.0290. The van der Waals surface area contributed by atoms with Gasteiger partial charge >= 0.3 is 6.03 Å². The second-order valence-corrected chi connectivity index (χ2v) is 5.27. The molecule has 0 aromatic heterocycles. The molecule has 2 aliphatic rings. The van der Waals surface area contributed by atoms with Crippen LogP contribution in [-0.4, -0.2) is 29.8 Å². The average molecular weight is 226 g/mol. The maximum atomic E-state index is 11.4. The predicted octanol–water partition coefficient (Wildman–Crippen LogP) is 1.39. The molecule has 92 valence electrons. The molecule has 0 radical (unpaired) electrons. The summed E-state index contributed by atoms with van der Waals surface area (Å²) in [6, 6.07) is -0.139. The fraction of sp³-hybridized carbons (Fsp3) is 0.917. The fourth-order valence-corrected chi connectivity index (χ4v) is 2.24. The van der Waals surface area contributed by atoms with Gasteiger partial charge in [-0.2, -0.15) is 0 Å². The van der Waals surface area contributed by atoms with Crippen molar-refractivity contribution in [1.82, 2.24) is 10.6 Å². The minimum atomic E-state index is -0.620. The minimum absolute atomic E-state index is 0.139. The van der Waals surface area contributed by atoms with Crippen molar-refractivity contribution in [3.63, 3.8) is 0 Å². The van der Waals surface area contributed by atoms with Crippen LogP contribution in [0.4, 0.5) is 4.79 Å². The molecule has 4 nitrogen and oxygen atoms in total. The van der Waals surface area contributed by atoms with E-state index in [1.165, 1.54) is 19.3 Å². The zero-order valence-corrected chi connectivity index (χ0v) is 9.80. The van der Waals surface area contributed by atoms with Crippen molar-refractivity contribution in [2.24, 2.45) is 5.92 Å². The number of amides is 2. The molecule has 0 bridgehead atoms. The van der Waals surface area contributed by atoms with Gasteiger partial charge in [-0.1, -0.05) is 19.3 Å². The van der Waals surface area contributed by atoms with Crippen LogP contribution in [-0.2, 0) is 0 Å². The Morgan fingerprint density at radius 1 is 1.25 bits per heavy atom. The molecular weight excluding hydrogens is 204 g/mol. The number of carbonyl (C=O) groups excluding carboxylic acids is 1. The summed E-state index contributed by atoms with van der Waals surface area (Å²) in [5, 5.41) is 15.4. The highest BCUT2D eigenvalue weighted by Crippen LogP contribution is 2.30. The molecule has 2 fully saturated rings. The first-order valence-electron chi connectivity index (χ1n) is 6.42. The molecule has 0 aliphatic heterocycles. The van der Waals surface area contributed by atoms with Crippen molar-refractivity contribution in [2.45, 2.75) is 50.5 Å². The van der Waals surface area contributed by atoms with E-state index in [0.29, 0.717) is 6.54 Å². The molecule has 0 aromatic rings. The minimum Gasteiger partial charge on any atom is -0.388 e. The van der Waals surface area contributed by atoms with Gasteiger partial charge in [-0.25, -0.2) is 4.79 Å². The number of carbonyl (C=O) groups is 1. The summed E-state index contributed by atoms with van der Waals surface area (Å²) in [6.45, 7) is 1.15. The Bertz CT molecular complexity index is 247. The summed E-state index contributed by atoms with van der Waals surface area (Å²) in [5.41, 5.74) is -0.620. The van der Waals surface area contributed by atoms with Crippen LogP contribution in [0.2, 0.25) is 0 Å². The van der Waals surface area contributed by atoms with Crippen molar-refractivity contribution < 1.29 is 9.90 Å². The van der Waals surface area contributed by atoms with Crippen LogP contribution in [0.15, 0.2) is 0 Å². The number of urea groups is 1. The first-order chi connectivity index (χ1) is 7.68. The van der Waals surface area contributed by atoms with Crippen molar-refractivity contribution in [2.75, 3.05) is 13.1 Å². The van der Waals surface area contributed by atoms with E-state index in [1.807, 2.05) is 0 Å². The van der Waals surface area contributed by atoms with E-state index < -0.39 is 5.60 Å². The third-order valence-corrected chi connectivity index (χ3v) is 3.93. The molecule has 3 N–H and O–H groups in total. The highest BCUT2D eigenvalue weighted by molar-refractivity contribution is 5.73. The standard InChI is InChI=1S/C12H22N2O2/c15-11(13-8-5-10-3-1-4-10)14-9-12(16)6-2-7-12/h10,16H,1-9H2,(H2,13,14,15). The maximum Gasteiger partial charge on any atom is 0.314 e. The molecule has 0 atom stereocenters. The Hall–Kier alpha value is -0.770. The quantitative estimate of drug-likeness (QED) is 0.663. The van der Waals surface area contributed by atoms with E-state index in [-0.39, 0.29) is 6.03 Å². The van der Waals surface area contributed by atoms with Gasteiger partial charge in [0, 0.05) is 13.1 Å². The normalized spacial score (nSPS) is 23.1. The SMILES string of the molecule is O=C(NCCC1CCC1)NCC1(O)CCC1. The van der Waals surface area contributed by atoms with Crippen molar-refractivity contribution in [3.8, 4) is 0 Å². The second kappa shape index (κ2) is 5.04. The van der Waals surface area contributed by atoms with Crippen LogP contribution in [0.3, 0.4) is 0 Å². The highest BCUT2D eigenvalue weighted by Gasteiger charge is 2.34. The number of hydrogen-bond donors (Lipinski definition) is 3. The zero-order chi connectivity index (χ0) is 11.4. The molecule has 2 amide bonds. The topological polar surface area (TPSA) is 61.4 Å². The first kappa shape index (κ1) is 11.7. The lowest BCUT2D eigenvalue weighted by Crippen LogP contribution is -2.50. The third-order valence-electron chi connectivity index (χ3n) is 3.93. The van der Waals surface area contributed by atoms with E-state index in [0.717, 1.165) is 38.1 Å². The van der Waals surface area contributed by atoms with Crippen molar-refractivity contribution in [1.29, 1.82) is 0 Å². The van der Waals surface area contributed by atoms with E-state index in [1.54, 1.807) is 0 Å². The molecule has 2 rings (SSSR count). The van der Waals surface area contributed by atoms with Gasteiger partial charge in [-0.15, -0.1) is 0 Å². The summed E-state index contributed by atoms with van der Waals surface area (Å²) in [6.07, 6.45) is 7.79. The highest BCUT2D eigenvalue weighted by atomic mass is 16.3. The van der Waals surface area contributed by atoms with E-state index >= 15 is 0 Å². The van der Waals surface area contributed by atoms with E-state index in [4.69, 9.17) is 0 Å². The molecule has 0 aromatic carbocycles. The summed E-state index contributed by atoms with van der Waals surface area (Å²) in [4.78, 5) is 11.4. The van der Waals surface area contributed by atoms with Crippen LogP contribution in [0.25, 0.3) is 0 Å². The van der Waals surface area contributed by atoms with Crippen LogP contribution in [0.5, 0.6) is 0 Å². The zero-order valence-electron chi connectivity index (χ0n) is 9.80. The molecule has 16 heavy (non-hydrogen) atoms. The fourth-order valence-electron chi connectivity index (χ4n) is 2.24. The Morgan fingerprint density at radius 3 is 2.50 bits per heavy atom. The summed E-state index contributed by atoms with van der Waals surface area (Å²) < 4.78 is 0. The smallest absolute Gasteiger partial charge is 0.314 e. The molecule has 4 heteroatoms. The molecular formula is C12H22N2O2. The molecule has 2 aliphatic carbocycles. The number of hydrogen-bond acceptors (Lipinski definition) is 2. The van der Waals surface area contributed by atoms with Crippen LogP contribution in [0, 0.1) is 5.92 Å². The van der Waals surface area contributed by atoms with E-state index in [2.05, 4.69) is 10.6 Å². The van der Waals surface area contributed by atoms with Gasteiger partial charge in [0.15, 0.2) is 0 Å². The van der Waals surface area contributed by atoms with Gasteiger partial charge in [-0.3, -0.25) is 0 Å². The average Bonchev–Trinajstić information content (AvgIpc) is 2.16. The van der Waals surface area contributed by atoms with Crippen molar-refractivity contribution >= 4 is 6.03 Å². The lowest BCUT2D eigenvalue weighted by atomic mass is 9.80. The van der Waals surface area contributed by atoms with Crippen LogP contribution in [0.1, 0.15) is 44.9 Å². The maximum absolute atomic E-state index is 11.4. The first-order valence-corrected chi connectivity index (χ1v) is 6.42. The number of aliphatic hydroxyl groups is 1. The Kier molecular flexibility index (Phi) is 3.69. The summed E-state index contributed by atoms with van der Waals surface area (Å²) >= 11 is 0. The Labute approximate surface area is 96.8 Å². The Morgan fingerprint density at radius 2 is 2.00 bits per heavy atom. The van der Waals surface area contributed by atoms with Gasteiger partial charge < -0.3 is 15.7 Å². The van der Waals surface area contributed by atoms with E-state index in [9.17, 15) is 9.90 Å². The van der Waals surface area contributed by atoms with Gasteiger partial charge in [0.05, 0.1) is 5.60 Å². The van der Waals surface area contributed by atoms with Gasteiger partial charge in [0.25, 0.3) is 0 Å². The van der Waals surface area contributed by atoms with Gasteiger partial charge in [-0.05, 0) is 31.6 Å². The second-order valence-electron chi connectivity index (χ2n) is 5.27. The van der Waals surface area contributed by atoms with Crippen LogP contribution < -0.4 is 10.6 Å². The molecule has 0 heterocycles. The number of rotatable bonds is 5. The van der Waals surface area contributed by atoms with Gasteiger partial charge in [0.1, 0.15) is 0 Å². The number of nitrogens with one attached hydrogen (secondary N) is 2. The van der Waals surface area contributed by atoms with Gasteiger partial charge in [0.2, 0.25) is 0 Å². The summed E-state index contributed by atoms with van der Waals surface area (Å²) in [7, 11) is 0. The molecule has 2 saturated carbocycles. The predicted molar refractivity (Wildman–Crippen MR) is 62.2 cm³/mol. The molecule has 0 spiro atoms.